The highest BCUT2D eigenvalue weighted by Crippen LogP contribution is 2.13. The molecule has 0 unspecified atom stereocenters. The summed E-state index contributed by atoms with van der Waals surface area (Å²) in [5, 5.41) is 9.84. The Balaban J connectivity index is 2.46. The average Bonchev–Trinajstić information content (AvgIpc) is 2.41. The number of aromatic nitrogens is 3. The van der Waals surface area contributed by atoms with Crippen LogP contribution in [0.3, 0.4) is 0 Å². The summed E-state index contributed by atoms with van der Waals surface area (Å²) in [6, 6.07) is 3.33. The largest absolute Gasteiger partial charge is 0.494 e. The number of nitrogens with one attached hydrogen (secondary N) is 1. The summed E-state index contributed by atoms with van der Waals surface area (Å²) in [6.45, 7) is 1.55. The van der Waals surface area contributed by atoms with Crippen LogP contribution in [0.4, 0.5) is 0 Å². The lowest BCUT2D eigenvalue weighted by molar-refractivity contribution is 0.394. The van der Waals surface area contributed by atoms with Crippen LogP contribution in [0.1, 0.15) is 11.1 Å². The van der Waals surface area contributed by atoms with Gasteiger partial charge in [-0.2, -0.15) is 0 Å². The molecule has 0 aromatic carbocycles. The van der Waals surface area contributed by atoms with Gasteiger partial charge in [0.2, 0.25) is 11.8 Å². The Morgan fingerprint density at radius 3 is 2.89 bits per heavy atom. The van der Waals surface area contributed by atoms with E-state index in [1.165, 1.54) is 20.2 Å². The molecule has 2 aromatic heterocycles. The zero-order valence-electron chi connectivity index (χ0n) is 10.5. The third-order valence-corrected chi connectivity index (χ3v) is 2.75. The lowest BCUT2D eigenvalue weighted by Gasteiger charge is -2.10. The van der Waals surface area contributed by atoms with Gasteiger partial charge in [-0.15, -0.1) is 0 Å². The first-order valence-electron chi connectivity index (χ1n) is 5.54. The molecule has 2 aromatic rings. The molecule has 100 valence electrons. The van der Waals surface area contributed by atoms with E-state index in [0.717, 1.165) is 10.1 Å². The zero-order valence-corrected chi connectivity index (χ0v) is 10.5. The molecule has 0 aliphatic carbocycles. The SMILES string of the molecule is COc1cc(Cn2c(O)c(C)c(=O)[nH]c2=O)ccn1. The molecular weight excluding hydrogens is 250 g/mol. The van der Waals surface area contributed by atoms with E-state index in [9.17, 15) is 14.7 Å². The van der Waals surface area contributed by atoms with Gasteiger partial charge in [0.05, 0.1) is 19.2 Å². The van der Waals surface area contributed by atoms with E-state index in [1.807, 2.05) is 0 Å². The number of rotatable bonds is 3. The average molecular weight is 263 g/mol. The Labute approximate surface area is 108 Å². The quantitative estimate of drug-likeness (QED) is 0.812. The predicted molar refractivity (Wildman–Crippen MR) is 67.6 cm³/mol. The second kappa shape index (κ2) is 4.97. The second-order valence-electron chi connectivity index (χ2n) is 4.00. The van der Waals surface area contributed by atoms with Crippen LogP contribution in [0.15, 0.2) is 27.9 Å². The van der Waals surface area contributed by atoms with Gasteiger partial charge in [0.15, 0.2) is 0 Å². The van der Waals surface area contributed by atoms with Crippen LogP contribution in [-0.2, 0) is 6.54 Å². The molecule has 0 bridgehead atoms. The normalized spacial score (nSPS) is 10.4. The Kier molecular flexibility index (Phi) is 3.37. The summed E-state index contributed by atoms with van der Waals surface area (Å²) < 4.78 is 6.05. The maximum absolute atomic E-state index is 11.7. The van der Waals surface area contributed by atoms with Crippen molar-refractivity contribution in [3.63, 3.8) is 0 Å². The Hall–Kier alpha value is -2.57. The molecule has 0 aliphatic rings. The molecule has 0 atom stereocenters. The third kappa shape index (κ3) is 2.49. The number of aromatic amines is 1. The number of methoxy groups -OCH3 is 1. The summed E-state index contributed by atoms with van der Waals surface area (Å²) in [5.41, 5.74) is -0.439. The smallest absolute Gasteiger partial charge is 0.331 e. The molecule has 0 amide bonds. The van der Waals surface area contributed by atoms with Crippen LogP contribution in [0, 0.1) is 6.92 Å². The molecule has 2 heterocycles. The van der Waals surface area contributed by atoms with Crippen LogP contribution < -0.4 is 16.0 Å². The van der Waals surface area contributed by atoms with E-state index < -0.39 is 11.2 Å². The van der Waals surface area contributed by atoms with Crippen molar-refractivity contribution in [1.82, 2.24) is 14.5 Å². The van der Waals surface area contributed by atoms with E-state index in [1.54, 1.807) is 12.1 Å². The predicted octanol–water partition coefficient (Wildman–Crippen LogP) is 0.00252. The van der Waals surface area contributed by atoms with E-state index >= 15 is 0 Å². The van der Waals surface area contributed by atoms with Crippen LogP contribution in [0.25, 0.3) is 0 Å². The first-order valence-corrected chi connectivity index (χ1v) is 5.54. The minimum Gasteiger partial charge on any atom is -0.494 e. The maximum atomic E-state index is 11.7. The fraction of sp³-hybridized carbons (Fsp3) is 0.250. The minimum atomic E-state index is -0.663. The molecule has 7 heteroatoms. The van der Waals surface area contributed by atoms with Crippen molar-refractivity contribution in [2.45, 2.75) is 13.5 Å². The first-order chi connectivity index (χ1) is 9.02. The van der Waals surface area contributed by atoms with Gasteiger partial charge in [0, 0.05) is 12.3 Å². The first kappa shape index (κ1) is 12.9. The van der Waals surface area contributed by atoms with Gasteiger partial charge >= 0.3 is 5.69 Å². The third-order valence-electron chi connectivity index (χ3n) is 2.75. The molecular formula is C12H13N3O4. The number of hydrogen-bond donors (Lipinski definition) is 2. The van der Waals surface area contributed by atoms with Crippen molar-refractivity contribution in [2.75, 3.05) is 7.11 Å². The zero-order chi connectivity index (χ0) is 14.0. The lowest BCUT2D eigenvalue weighted by Crippen LogP contribution is -2.31. The number of hydrogen-bond acceptors (Lipinski definition) is 5. The van der Waals surface area contributed by atoms with Gasteiger partial charge in [-0.05, 0) is 18.6 Å². The van der Waals surface area contributed by atoms with Crippen molar-refractivity contribution in [3.05, 3.63) is 50.3 Å². The summed E-state index contributed by atoms with van der Waals surface area (Å²) in [6.07, 6.45) is 1.54. The summed E-state index contributed by atoms with van der Waals surface area (Å²) in [4.78, 5) is 29.1. The van der Waals surface area contributed by atoms with Crippen LogP contribution >= 0.6 is 0 Å². The van der Waals surface area contributed by atoms with Crippen molar-refractivity contribution in [3.8, 4) is 11.8 Å². The van der Waals surface area contributed by atoms with E-state index in [2.05, 4.69) is 9.97 Å². The van der Waals surface area contributed by atoms with Crippen LogP contribution in [-0.4, -0.2) is 26.8 Å². The molecule has 0 radical (unpaired) electrons. The van der Waals surface area contributed by atoms with Crippen LogP contribution in [0.5, 0.6) is 11.8 Å². The van der Waals surface area contributed by atoms with E-state index in [-0.39, 0.29) is 18.0 Å². The molecule has 7 nitrogen and oxygen atoms in total. The molecule has 0 saturated heterocycles. The fourth-order valence-electron chi connectivity index (χ4n) is 1.65. The number of H-pyrrole nitrogens is 1. The van der Waals surface area contributed by atoms with Crippen molar-refractivity contribution < 1.29 is 9.84 Å². The fourth-order valence-corrected chi connectivity index (χ4v) is 1.65. The van der Waals surface area contributed by atoms with Gasteiger partial charge in [0.25, 0.3) is 5.56 Å². The second-order valence-corrected chi connectivity index (χ2v) is 4.00. The van der Waals surface area contributed by atoms with Crippen molar-refractivity contribution in [2.24, 2.45) is 0 Å². The Morgan fingerprint density at radius 1 is 1.47 bits per heavy atom. The molecule has 2 rings (SSSR count). The van der Waals surface area contributed by atoms with Crippen molar-refractivity contribution in [1.29, 1.82) is 0 Å². The van der Waals surface area contributed by atoms with Gasteiger partial charge in [0.1, 0.15) is 0 Å². The van der Waals surface area contributed by atoms with Gasteiger partial charge in [-0.1, -0.05) is 0 Å². The minimum absolute atomic E-state index is 0.0978. The Morgan fingerprint density at radius 2 is 2.21 bits per heavy atom. The molecule has 0 aliphatic heterocycles. The monoisotopic (exact) mass is 263 g/mol. The topological polar surface area (TPSA) is 97.2 Å². The number of aromatic hydroxyl groups is 1. The number of nitrogens with zero attached hydrogens (tertiary/aromatic N) is 2. The van der Waals surface area contributed by atoms with Gasteiger partial charge < -0.3 is 9.84 Å². The highest BCUT2D eigenvalue weighted by Gasteiger charge is 2.10. The Bertz CT molecular complexity index is 718. The molecule has 19 heavy (non-hydrogen) atoms. The van der Waals surface area contributed by atoms with Crippen molar-refractivity contribution >= 4 is 0 Å². The molecule has 0 spiro atoms. The highest BCUT2D eigenvalue weighted by molar-refractivity contribution is 5.25. The standard InChI is InChI=1S/C12H13N3O4/c1-7-10(16)14-12(18)15(11(7)17)6-8-3-4-13-9(5-8)19-2/h3-5,17H,6H2,1-2H3,(H,14,16,18). The van der Waals surface area contributed by atoms with Gasteiger partial charge in [-0.25, -0.2) is 9.78 Å². The van der Waals surface area contributed by atoms with Crippen LogP contribution in [0.2, 0.25) is 0 Å². The van der Waals surface area contributed by atoms with E-state index in [4.69, 9.17) is 4.74 Å². The maximum Gasteiger partial charge on any atom is 0.331 e. The van der Waals surface area contributed by atoms with Gasteiger partial charge in [-0.3, -0.25) is 14.3 Å². The summed E-state index contributed by atoms with van der Waals surface area (Å²) in [7, 11) is 1.49. The molecule has 0 fully saturated rings. The number of ether oxygens (including phenoxy) is 1. The molecule has 0 saturated carbocycles. The summed E-state index contributed by atoms with van der Waals surface area (Å²) >= 11 is 0. The highest BCUT2D eigenvalue weighted by atomic mass is 16.5. The van der Waals surface area contributed by atoms with E-state index in [0.29, 0.717) is 5.88 Å². The summed E-state index contributed by atoms with van der Waals surface area (Å²) in [5.74, 6) is 0.0655. The lowest BCUT2D eigenvalue weighted by atomic mass is 10.2. The molecule has 2 N–H and O–H groups in total. The number of pyridine rings is 1.